The van der Waals surface area contributed by atoms with Gasteiger partial charge in [-0.05, 0) is 25.8 Å². The predicted octanol–water partition coefficient (Wildman–Crippen LogP) is 2.08. The second-order valence-corrected chi connectivity index (χ2v) is 4.55. The molecule has 0 aliphatic rings. The summed E-state index contributed by atoms with van der Waals surface area (Å²) in [5.41, 5.74) is 6.88. The molecular formula is C11H16N2O2S. The van der Waals surface area contributed by atoms with E-state index in [0.717, 1.165) is 16.9 Å². The van der Waals surface area contributed by atoms with E-state index in [0.29, 0.717) is 17.0 Å². The van der Waals surface area contributed by atoms with E-state index < -0.39 is 0 Å². The van der Waals surface area contributed by atoms with E-state index in [1.807, 2.05) is 13.8 Å². The normalized spacial score (nSPS) is 10.2. The molecule has 1 aromatic rings. The van der Waals surface area contributed by atoms with Crippen molar-refractivity contribution in [2.75, 3.05) is 6.61 Å². The molecule has 1 heterocycles. The molecular weight excluding hydrogens is 224 g/mol. The third kappa shape index (κ3) is 2.24. The van der Waals surface area contributed by atoms with Gasteiger partial charge >= 0.3 is 5.97 Å². The van der Waals surface area contributed by atoms with Gasteiger partial charge in [0.1, 0.15) is 5.84 Å². The number of carbonyl (C=O) groups is 1. The maximum absolute atomic E-state index is 11.8. The molecule has 0 fully saturated rings. The Balaban J connectivity index is 3.31. The number of nitrogens with two attached hydrogens (primary N) is 1. The van der Waals surface area contributed by atoms with Gasteiger partial charge in [-0.25, -0.2) is 4.79 Å². The number of amidine groups is 1. The van der Waals surface area contributed by atoms with Crippen molar-refractivity contribution in [3.63, 3.8) is 0 Å². The number of hydrogen-bond acceptors (Lipinski definition) is 4. The summed E-state index contributed by atoms with van der Waals surface area (Å²) in [4.78, 5) is 13.3. The minimum Gasteiger partial charge on any atom is -0.462 e. The zero-order valence-electron chi connectivity index (χ0n) is 9.72. The molecule has 88 valence electrons. The van der Waals surface area contributed by atoms with Crippen molar-refractivity contribution >= 4 is 23.1 Å². The van der Waals surface area contributed by atoms with E-state index in [1.54, 1.807) is 6.92 Å². The molecule has 0 atom stereocenters. The molecule has 0 aliphatic carbocycles. The maximum Gasteiger partial charge on any atom is 0.340 e. The van der Waals surface area contributed by atoms with Crippen LogP contribution in [-0.4, -0.2) is 18.4 Å². The van der Waals surface area contributed by atoms with Crippen LogP contribution in [0.15, 0.2) is 0 Å². The van der Waals surface area contributed by atoms with Crippen molar-refractivity contribution in [1.82, 2.24) is 0 Å². The van der Waals surface area contributed by atoms with E-state index in [9.17, 15) is 4.79 Å². The summed E-state index contributed by atoms with van der Waals surface area (Å²) in [6.45, 7) is 5.99. The van der Waals surface area contributed by atoms with Crippen LogP contribution in [0.25, 0.3) is 0 Å². The molecule has 0 unspecified atom stereocenters. The summed E-state index contributed by atoms with van der Waals surface area (Å²) >= 11 is 1.38. The highest BCUT2D eigenvalue weighted by Crippen LogP contribution is 2.28. The number of esters is 1. The van der Waals surface area contributed by atoms with Crippen LogP contribution in [0.1, 0.15) is 39.5 Å². The van der Waals surface area contributed by atoms with Gasteiger partial charge in [-0.15, -0.1) is 11.3 Å². The smallest absolute Gasteiger partial charge is 0.340 e. The Labute approximate surface area is 98.9 Å². The number of ether oxygens (including phenoxy) is 1. The molecule has 5 heteroatoms. The Hall–Kier alpha value is -1.36. The number of rotatable bonds is 4. The molecule has 0 bridgehead atoms. The van der Waals surface area contributed by atoms with E-state index in [-0.39, 0.29) is 11.8 Å². The Morgan fingerprint density at radius 1 is 1.50 bits per heavy atom. The fourth-order valence-corrected chi connectivity index (χ4v) is 2.71. The van der Waals surface area contributed by atoms with Gasteiger partial charge in [0.15, 0.2) is 0 Å². The Bertz CT molecular complexity index is 424. The second-order valence-electron chi connectivity index (χ2n) is 3.33. The lowest BCUT2D eigenvalue weighted by atomic mass is 10.1. The Kier molecular flexibility index (Phi) is 4.06. The van der Waals surface area contributed by atoms with Gasteiger partial charge < -0.3 is 10.5 Å². The first kappa shape index (κ1) is 12.7. The van der Waals surface area contributed by atoms with Crippen LogP contribution in [0, 0.1) is 12.3 Å². The molecule has 0 spiro atoms. The van der Waals surface area contributed by atoms with Crippen molar-refractivity contribution in [3.05, 3.63) is 20.9 Å². The zero-order chi connectivity index (χ0) is 12.3. The summed E-state index contributed by atoms with van der Waals surface area (Å²) in [6, 6.07) is 0. The van der Waals surface area contributed by atoms with Crippen LogP contribution in [-0.2, 0) is 11.2 Å². The molecule has 3 N–H and O–H groups in total. The third-order valence-electron chi connectivity index (χ3n) is 2.29. The van der Waals surface area contributed by atoms with Crippen molar-refractivity contribution in [3.8, 4) is 0 Å². The fraction of sp³-hybridized carbons (Fsp3) is 0.455. The van der Waals surface area contributed by atoms with Crippen molar-refractivity contribution in [2.45, 2.75) is 27.2 Å². The van der Waals surface area contributed by atoms with Crippen LogP contribution in [0.2, 0.25) is 0 Å². The van der Waals surface area contributed by atoms with Gasteiger partial charge in [0.05, 0.1) is 17.0 Å². The number of nitrogen functional groups attached to an aromatic ring is 1. The topological polar surface area (TPSA) is 76.2 Å². The lowest BCUT2D eigenvalue weighted by molar-refractivity contribution is 0.0525. The van der Waals surface area contributed by atoms with Gasteiger partial charge in [0, 0.05) is 4.88 Å². The van der Waals surface area contributed by atoms with E-state index in [2.05, 4.69) is 0 Å². The molecule has 0 saturated carbocycles. The van der Waals surface area contributed by atoms with Crippen LogP contribution >= 0.6 is 11.3 Å². The summed E-state index contributed by atoms with van der Waals surface area (Å²) in [7, 11) is 0. The summed E-state index contributed by atoms with van der Waals surface area (Å²) in [5.74, 6) is -0.454. The number of carbonyl (C=O) groups excluding carboxylic acids is 1. The monoisotopic (exact) mass is 240 g/mol. The molecule has 0 saturated heterocycles. The average molecular weight is 240 g/mol. The SMILES string of the molecule is CCOC(=O)c1c(C(=N)N)sc(C)c1CC. The largest absolute Gasteiger partial charge is 0.462 e. The lowest BCUT2D eigenvalue weighted by Crippen LogP contribution is -2.16. The van der Waals surface area contributed by atoms with Gasteiger partial charge in [-0.2, -0.15) is 0 Å². The van der Waals surface area contributed by atoms with E-state index in [4.69, 9.17) is 15.9 Å². The Morgan fingerprint density at radius 3 is 2.56 bits per heavy atom. The van der Waals surface area contributed by atoms with Crippen LogP contribution in [0.4, 0.5) is 0 Å². The van der Waals surface area contributed by atoms with E-state index in [1.165, 1.54) is 11.3 Å². The summed E-state index contributed by atoms with van der Waals surface area (Å²) in [6.07, 6.45) is 0.740. The molecule has 16 heavy (non-hydrogen) atoms. The van der Waals surface area contributed by atoms with E-state index >= 15 is 0 Å². The summed E-state index contributed by atoms with van der Waals surface area (Å²) in [5, 5.41) is 7.47. The first-order valence-corrected chi connectivity index (χ1v) is 5.98. The van der Waals surface area contributed by atoms with Crippen LogP contribution in [0.3, 0.4) is 0 Å². The third-order valence-corrected chi connectivity index (χ3v) is 3.47. The molecule has 0 aromatic carbocycles. The van der Waals surface area contributed by atoms with Crippen LogP contribution < -0.4 is 5.73 Å². The van der Waals surface area contributed by atoms with Crippen LogP contribution in [0.5, 0.6) is 0 Å². The lowest BCUT2D eigenvalue weighted by Gasteiger charge is -2.05. The minimum absolute atomic E-state index is 0.0733. The molecule has 1 rings (SSSR count). The van der Waals surface area contributed by atoms with Gasteiger partial charge in [-0.3, -0.25) is 5.41 Å². The first-order chi connectivity index (χ1) is 7.52. The van der Waals surface area contributed by atoms with Gasteiger partial charge in [-0.1, -0.05) is 6.92 Å². The number of aryl methyl sites for hydroxylation is 1. The van der Waals surface area contributed by atoms with Crippen molar-refractivity contribution < 1.29 is 9.53 Å². The molecule has 1 aromatic heterocycles. The zero-order valence-corrected chi connectivity index (χ0v) is 10.5. The number of nitrogens with one attached hydrogen (secondary N) is 1. The predicted molar refractivity (Wildman–Crippen MR) is 65.4 cm³/mol. The fourth-order valence-electron chi connectivity index (χ4n) is 1.61. The number of thiophene rings is 1. The molecule has 0 aliphatic heterocycles. The molecule has 0 radical (unpaired) electrons. The van der Waals surface area contributed by atoms with Crippen molar-refractivity contribution in [2.24, 2.45) is 5.73 Å². The maximum atomic E-state index is 11.8. The quantitative estimate of drug-likeness (QED) is 0.480. The average Bonchev–Trinajstić information content (AvgIpc) is 2.55. The molecule has 4 nitrogen and oxygen atoms in total. The standard InChI is InChI=1S/C11H16N2O2S/c1-4-7-6(3)16-9(10(12)13)8(7)11(14)15-5-2/h4-5H2,1-3H3,(H3,12,13). The van der Waals surface area contributed by atoms with Gasteiger partial charge in [0.25, 0.3) is 0 Å². The Morgan fingerprint density at radius 2 is 2.12 bits per heavy atom. The first-order valence-electron chi connectivity index (χ1n) is 5.16. The van der Waals surface area contributed by atoms with Gasteiger partial charge in [0.2, 0.25) is 0 Å². The van der Waals surface area contributed by atoms with Crippen molar-refractivity contribution in [1.29, 1.82) is 5.41 Å². The minimum atomic E-state index is -0.381. The highest BCUT2D eigenvalue weighted by atomic mass is 32.1. The number of hydrogen-bond donors (Lipinski definition) is 2. The summed E-state index contributed by atoms with van der Waals surface area (Å²) < 4.78 is 4.99. The second kappa shape index (κ2) is 5.12. The molecule has 0 amide bonds. The highest BCUT2D eigenvalue weighted by molar-refractivity contribution is 7.14. The highest BCUT2D eigenvalue weighted by Gasteiger charge is 2.23.